The summed E-state index contributed by atoms with van der Waals surface area (Å²) < 4.78 is 4.05. The number of aliphatic hydroxyl groups is 1. The highest BCUT2D eigenvalue weighted by atomic mass is 32.1. The van der Waals surface area contributed by atoms with Crippen LogP contribution >= 0.6 is 11.5 Å². The van der Waals surface area contributed by atoms with Crippen LogP contribution in [-0.4, -0.2) is 28.2 Å². The molecule has 5 heteroatoms. The highest BCUT2D eigenvalue weighted by Crippen LogP contribution is 2.29. The Hall–Kier alpha value is -0.810. The molecule has 1 saturated heterocycles. The van der Waals surface area contributed by atoms with Crippen molar-refractivity contribution in [1.82, 2.24) is 4.37 Å². The molecule has 1 aromatic rings. The molecule has 0 radical (unpaired) electrons. The van der Waals surface area contributed by atoms with Crippen LogP contribution in [0.25, 0.3) is 0 Å². The van der Waals surface area contributed by atoms with Crippen LogP contribution in [0, 0.1) is 0 Å². The van der Waals surface area contributed by atoms with E-state index in [0.717, 1.165) is 17.8 Å². The molecular formula is C9H15N3OS. The molecule has 78 valence electrons. The van der Waals surface area contributed by atoms with E-state index in [1.54, 1.807) is 0 Å². The fraction of sp³-hybridized carbons (Fsp3) is 0.667. The fourth-order valence-electron chi connectivity index (χ4n) is 1.81. The van der Waals surface area contributed by atoms with Crippen molar-refractivity contribution in [2.24, 2.45) is 0 Å². The van der Waals surface area contributed by atoms with E-state index in [9.17, 15) is 5.11 Å². The molecule has 14 heavy (non-hydrogen) atoms. The summed E-state index contributed by atoms with van der Waals surface area (Å²) in [4.78, 5) is 2.18. The van der Waals surface area contributed by atoms with Gasteiger partial charge in [0, 0.05) is 18.7 Å². The largest absolute Gasteiger partial charge is 0.391 e. The van der Waals surface area contributed by atoms with Crippen LogP contribution < -0.4 is 10.6 Å². The fourth-order valence-corrected chi connectivity index (χ4v) is 2.59. The molecule has 3 N–H and O–H groups in total. The number of hydrogen-bond donors (Lipinski definition) is 2. The van der Waals surface area contributed by atoms with Crippen molar-refractivity contribution in [2.45, 2.75) is 31.9 Å². The summed E-state index contributed by atoms with van der Waals surface area (Å²) in [7, 11) is 0. The third-order valence-corrected chi connectivity index (χ3v) is 3.50. The molecule has 0 amide bonds. The van der Waals surface area contributed by atoms with Crippen LogP contribution in [0.15, 0.2) is 6.07 Å². The lowest BCUT2D eigenvalue weighted by atomic mass is 10.0. The summed E-state index contributed by atoms with van der Waals surface area (Å²) in [6.07, 6.45) is 1.71. The third-order valence-electron chi connectivity index (χ3n) is 2.66. The molecule has 1 aliphatic rings. The first-order valence-electron chi connectivity index (χ1n) is 4.83. The van der Waals surface area contributed by atoms with E-state index in [4.69, 9.17) is 5.73 Å². The lowest BCUT2D eigenvalue weighted by Gasteiger charge is -2.36. The van der Waals surface area contributed by atoms with Crippen LogP contribution in [0.5, 0.6) is 0 Å². The molecule has 1 fully saturated rings. The quantitative estimate of drug-likeness (QED) is 0.732. The van der Waals surface area contributed by atoms with E-state index >= 15 is 0 Å². The molecule has 0 spiro atoms. The minimum atomic E-state index is -0.213. The van der Waals surface area contributed by atoms with Gasteiger partial charge in [-0.25, -0.2) is 0 Å². The molecule has 2 atom stereocenters. The lowest BCUT2D eigenvalue weighted by Crippen LogP contribution is -2.43. The number of β-amino-alcohol motifs (C(OH)–C–C–N with tert-alkyl or cyclic N) is 1. The van der Waals surface area contributed by atoms with Gasteiger partial charge < -0.3 is 15.7 Å². The van der Waals surface area contributed by atoms with E-state index < -0.39 is 0 Å². The number of piperidine rings is 1. The van der Waals surface area contributed by atoms with Crippen LogP contribution in [0.3, 0.4) is 0 Å². The van der Waals surface area contributed by atoms with Gasteiger partial charge in [-0.15, -0.1) is 0 Å². The van der Waals surface area contributed by atoms with Gasteiger partial charge in [0.25, 0.3) is 0 Å². The second kappa shape index (κ2) is 3.74. The Morgan fingerprint density at radius 3 is 3.07 bits per heavy atom. The molecule has 4 nitrogen and oxygen atoms in total. The maximum atomic E-state index is 9.58. The van der Waals surface area contributed by atoms with Crippen molar-refractivity contribution in [3.8, 4) is 0 Å². The second-order valence-electron chi connectivity index (χ2n) is 3.82. The number of aromatic nitrogens is 1. The molecular weight excluding hydrogens is 198 g/mol. The van der Waals surface area contributed by atoms with Gasteiger partial charge in [-0.05, 0) is 31.3 Å². The zero-order chi connectivity index (χ0) is 10.1. The first-order valence-corrected chi connectivity index (χ1v) is 5.61. The van der Waals surface area contributed by atoms with Crippen LogP contribution in [0.4, 0.5) is 10.8 Å². The highest BCUT2D eigenvalue weighted by Gasteiger charge is 2.25. The zero-order valence-corrected chi connectivity index (χ0v) is 9.00. The molecule has 2 heterocycles. The normalized spacial score (nSPS) is 28.0. The Morgan fingerprint density at radius 1 is 1.64 bits per heavy atom. The van der Waals surface area contributed by atoms with Crippen LogP contribution in [0.2, 0.25) is 0 Å². The smallest absolute Gasteiger partial charge is 0.139 e. The molecule has 0 bridgehead atoms. The number of nitrogens with two attached hydrogens (primary N) is 1. The Morgan fingerprint density at radius 2 is 2.43 bits per heavy atom. The SMILES string of the molecule is CC1CCC(O)CN1c1cc(N)ns1. The van der Waals surface area contributed by atoms with Crippen LogP contribution in [-0.2, 0) is 0 Å². The Balaban J connectivity index is 2.15. The van der Waals surface area contributed by atoms with Gasteiger partial charge in [0.15, 0.2) is 0 Å². The predicted octanol–water partition coefficient (Wildman–Crippen LogP) is 1.07. The van der Waals surface area contributed by atoms with Gasteiger partial charge in [-0.2, -0.15) is 4.37 Å². The van der Waals surface area contributed by atoms with Crippen molar-refractivity contribution in [2.75, 3.05) is 17.2 Å². The summed E-state index contributed by atoms with van der Waals surface area (Å²) >= 11 is 1.40. The standard InChI is InChI=1S/C9H15N3OS/c1-6-2-3-7(13)5-12(6)9-4-8(10)11-14-9/h4,6-7,13H,2-3,5H2,1H3,(H2,10,11). The van der Waals surface area contributed by atoms with E-state index in [0.29, 0.717) is 18.4 Å². The molecule has 1 aromatic heterocycles. The Bertz CT molecular complexity index is 315. The highest BCUT2D eigenvalue weighted by molar-refractivity contribution is 7.10. The van der Waals surface area contributed by atoms with Crippen molar-refractivity contribution in [3.63, 3.8) is 0 Å². The van der Waals surface area contributed by atoms with Gasteiger partial charge in [-0.1, -0.05) is 0 Å². The number of nitrogen functional groups attached to an aromatic ring is 1. The Labute approximate surface area is 87.5 Å². The average Bonchev–Trinajstić information content (AvgIpc) is 2.56. The van der Waals surface area contributed by atoms with Crippen molar-refractivity contribution in [3.05, 3.63) is 6.07 Å². The van der Waals surface area contributed by atoms with Gasteiger partial charge in [-0.3, -0.25) is 0 Å². The molecule has 1 aliphatic heterocycles. The number of hydrogen-bond acceptors (Lipinski definition) is 5. The van der Waals surface area contributed by atoms with E-state index in [-0.39, 0.29) is 6.10 Å². The minimum Gasteiger partial charge on any atom is -0.391 e. The molecule has 0 aromatic carbocycles. The maximum absolute atomic E-state index is 9.58. The minimum absolute atomic E-state index is 0.213. The summed E-state index contributed by atoms with van der Waals surface area (Å²) in [5.41, 5.74) is 5.58. The van der Waals surface area contributed by atoms with Gasteiger partial charge in [0.2, 0.25) is 0 Å². The third kappa shape index (κ3) is 1.83. The van der Waals surface area contributed by atoms with Crippen molar-refractivity contribution < 1.29 is 5.11 Å². The zero-order valence-electron chi connectivity index (χ0n) is 8.18. The second-order valence-corrected chi connectivity index (χ2v) is 4.61. The Kier molecular flexibility index (Phi) is 2.60. The molecule has 2 rings (SSSR count). The van der Waals surface area contributed by atoms with E-state index in [1.165, 1.54) is 11.5 Å². The number of anilines is 2. The van der Waals surface area contributed by atoms with Crippen molar-refractivity contribution in [1.29, 1.82) is 0 Å². The van der Waals surface area contributed by atoms with Crippen LogP contribution in [0.1, 0.15) is 19.8 Å². The van der Waals surface area contributed by atoms with Gasteiger partial charge >= 0.3 is 0 Å². The number of rotatable bonds is 1. The first-order chi connectivity index (χ1) is 6.66. The first kappa shape index (κ1) is 9.73. The summed E-state index contributed by atoms with van der Waals surface area (Å²) in [6.45, 7) is 2.87. The monoisotopic (exact) mass is 213 g/mol. The summed E-state index contributed by atoms with van der Waals surface area (Å²) in [5, 5.41) is 10.6. The average molecular weight is 213 g/mol. The molecule has 2 unspecified atom stereocenters. The van der Waals surface area contributed by atoms with Crippen molar-refractivity contribution >= 4 is 22.4 Å². The molecule has 0 saturated carbocycles. The van der Waals surface area contributed by atoms with Gasteiger partial charge in [0.05, 0.1) is 6.10 Å². The maximum Gasteiger partial charge on any atom is 0.139 e. The lowest BCUT2D eigenvalue weighted by molar-refractivity contribution is 0.144. The summed E-state index contributed by atoms with van der Waals surface area (Å²) in [6, 6.07) is 2.34. The van der Waals surface area contributed by atoms with E-state index in [2.05, 4.69) is 16.2 Å². The number of aliphatic hydroxyl groups excluding tert-OH is 1. The number of nitrogens with zero attached hydrogens (tertiary/aromatic N) is 2. The van der Waals surface area contributed by atoms with E-state index in [1.807, 2.05) is 6.07 Å². The summed E-state index contributed by atoms with van der Waals surface area (Å²) in [5.74, 6) is 0.567. The predicted molar refractivity (Wildman–Crippen MR) is 58.6 cm³/mol. The topological polar surface area (TPSA) is 62.4 Å². The van der Waals surface area contributed by atoms with Gasteiger partial charge in [0.1, 0.15) is 10.8 Å². The molecule has 0 aliphatic carbocycles.